The summed E-state index contributed by atoms with van der Waals surface area (Å²) < 4.78 is 7.39. The van der Waals surface area contributed by atoms with E-state index in [0.717, 1.165) is 27.9 Å². The number of fused-ring (bicyclic) bond motifs is 1. The third-order valence-electron chi connectivity index (χ3n) is 3.99. The lowest BCUT2D eigenvalue weighted by Gasteiger charge is -2.11. The molecule has 0 bridgehead atoms. The smallest absolute Gasteiger partial charge is 0.214 e. The molecule has 0 spiro atoms. The highest BCUT2D eigenvalue weighted by Gasteiger charge is 2.14. The number of halogens is 1. The van der Waals surface area contributed by atoms with Crippen molar-refractivity contribution in [3.8, 4) is 11.4 Å². The van der Waals surface area contributed by atoms with Crippen LogP contribution in [0.4, 0.5) is 0 Å². The Labute approximate surface area is 165 Å². The van der Waals surface area contributed by atoms with E-state index in [1.165, 1.54) is 11.8 Å². The highest BCUT2D eigenvalue weighted by atomic mass is 35.5. The Balaban J connectivity index is 1.64. The molecule has 0 saturated carbocycles. The number of pyridine rings is 1. The van der Waals surface area contributed by atoms with Gasteiger partial charge in [0.25, 0.3) is 0 Å². The van der Waals surface area contributed by atoms with Crippen LogP contribution in [0, 0.1) is 0 Å². The SMILES string of the molecule is CCOc1ccccc1-n1nnnc1SCc1ccc(Cl)c2cccnc12. The number of para-hydroxylation sites is 2. The molecule has 136 valence electrons. The molecule has 8 heteroatoms. The van der Waals surface area contributed by atoms with Gasteiger partial charge < -0.3 is 4.74 Å². The average Bonchev–Trinajstić information content (AvgIpc) is 3.17. The highest BCUT2D eigenvalue weighted by Crippen LogP contribution is 2.31. The Morgan fingerprint density at radius 1 is 1.11 bits per heavy atom. The highest BCUT2D eigenvalue weighted by molar-refractivity contribution is 7.98. The van der Waals surface area contributed by atoms with Crippen molar-refractivity contribution >= 4 is 34.3 Å². The van der Waals surface area contributed by atoms with Crippen molar-refractivity contribution in [3.63, 3.8) is 0 Å². The summed E-state index contributed by atoms with van der Waals surface area (Å²) in [4.78, 5) is 4.48. The summed E-state index contributed by atoms with van der Waals surface area (Å²) in [7, 11) is 0. The zero-order chi connectivity index (χ0) is 18.6. The molecular weight excluding hydrogens is 382 g/mol. The van der Waals surface area contributed by atoms with Crippen molar-refractivity contribution in [2.45, 2.75) is 17.8 Å². The van der Waals surface area contributed by atoms with E-state index in [-0.39, 0.29) is 0 Å². The molecule has 0 N–H and O–H groups in total. The second-order valence-corrected chi connectivity index (χ2v) is 7.02. The minimum atomic E-state index is 0.573. The van der Waals surface area contributed by atoms with Crippen LogP contribution in [0.5, 0.6) is 5.75 Å². The average molecular weight is 398 g/mol. The van der Waals surface area contributed by atoms with Gasteiger partial charge in [0.1, 0.15) is 11.4 Å². The van der Waals surface area contributed by atoms with Gasteiger partial charge in [-0.1, -0.05) is 41.6 Å². The quantitative estimate of drug-likeness (QED) is 0.444. The Morgan fingerprint density at radius 3 is 2.89 bits per heavy atom. The summed E-state index contributed by atoms with van der Waals surface area (Å²) in [6.07, 6.45) is 1.77. The van der Waals surface area contributed by atoms with Crippen LogP contribution in [0.15, 0.2) is 59.9 Å². The largest absolute Gasteiger partial charge is 0.492 e. The topological polar surface area (TPSA) is 65.7 Å². The molecule has 0 atom stereocenters. The van der Waals surface area contributed by atoms with Gasteiger partial charge in [-0.15, -0.1) is 5.10 Å². The molecule has 0 amide bonds. The van der Waals surface area contributed by atoms with Crippen molar-refractivity contribution in [2.75, 3.05) is 6.61 Å². The van der Waals surface area contributed by atoms with E-state index in [4.69, 9.17) is 16.3 Å². The Bertz CT molecular complexity index is 1080. The van der Waals surface area contributed by atoms with E-state index >= 15 is 0 Å². The molecule has 0 aliphatic rings. The fourth-order valence-electron chi connectivity index (χ4n) is 2.78. The number of rotatable bonds is 6. The number of aromatic nitrogens is 5. The summed E-state index contributed by atoms with van der Waals surface area (Å²) in [5, 5.41) is 14.5. The summed E-state index contributed by atoms with van der Waals surface area (Å²) in [6, 6.07) is 15.5. The van der Waals surface area contributed by atoms with Crippen LogP contribution in [0.2, 0.25) is 5.02 Å². The predicted octanol–water partition coefficient (Wildman–Crippen LogP) is 4.55. The van der Waals surface area contributed by atoms with Crippen LogP contribution >= 0.6 is 23.4 Å². The first-order valence-electron chi connectivity index (χ1n) is 8.43. The minimum Gasteiger partial charge on any atom is -0.492 e. The van der Waals surface area contributed by atoms with Crippen molar-refractivity contribution in [1.29, 1.82) is 0 Å². The number of nitrogens with zero attached hydrogens (tertiary/aromatic N) is 5. The van der Waals surface area contributed by atoms with Gasteiger partial charge in [-0.2, -0.15) is 4.68 Å². The molecule has 0 fully saturated rings. The second-order valence-electron chi connectivity index (χ2n) is 5.67. The first-order chi connectivity index (χ1) is 13.3. The molecule has 27 heavy (non-hydrogen) atoms. The summed E-state index contributed by atoms with van der Waals surface area (Å²) >= 11 is 7.82. The first-order valence-corrected chi connectivity index (χ1v) is 9.79. The lowest BCUT2D eigenvalue weighted by molar-refractivity contribution is 0.337. The van der Waals surface area contributed by atoms with Gasteiger partial charge in [-0.3, -0.25) is 4.98 Å². The Kier molecular flexibility index (Phi) is 5.22. The minimum absolute atomic E-state index is 0.573. The van der Waals surface area contributed by atoms with Crippen LogP contribution in [0.1, 0.15) is 12.5 Å². The standard InChI is InChI=1S/C19H16ClN5OS/c1-2-26-17-8-4-3-7-16(17)25-19(22-23-24-25)27-12-13-9-10-15(20)14-6-5-11-21-18(13)14/h3-11H,2,12H2,1H3. The zero-order valence-electron chi connectivity index (χ0n) is 14.5. The van der Waals surface area contributed by atoms with Crippen LogP contribution < -0.4 is 4.74 Å². The Hall–Kier alpha value is -2.64. The number of tetrazole rings is 1. The van der Waals surface area contributed by atoms with Crippen LogP contribution in [0.3, 0.4) is 0 Å². The molecule has 6 nitrogen and oxygen atoms in total. The molecule has 2 aromatic carbocycles. The molecule has 2 heterocycles. The van der Waals surface area contributed by atoms with E-state index in [0.29, 0.717) is 22.5 Å². The lowest BCUT2D eigenvalue weighted by atomic mass is 10.1. The lowest BCUT2D eigenvalue weighted by Crippen LogP contribution is -2.03. The van der Waals surface area contributed by atoms with Gasteiger partial charge in [0.05, 0.1) is 12.1 Å². The molecule has 0 aliphatic carbocycles. The van der Waals surface area contributed by atoms with E-state index in [1.807, 2.05) is 55.5 Å². The van der Waals surface area contributed by atoms with Crippen LogP contribution in [-0.2, 0) is 5.75 Å². The number of ether oxygens (including phenoxy) is 1. The van der Waals surface area contributed by atoms with Crippen molar-refractivity contribution < 1.29 is 4.74 Å². The maximum Gasteiger partial charge on any atom is 0.214 e. The van der Waals surface area contributed by atoms with Gasteiger partial charge in [0.2, 0.25) is 5.16 Å². The third-order valence-corrected chi connectivity index (χ3v) is 5.29. The van der Waals surface area contributed by atoms with E-state index < -0.39 is 0 Å². The number of benzene rings is 2. The van der Waals surface area contributed by atoms with Gasteiger partial charge in [0, 0.05) is 22.4 Å². The van der Waals surface area contributed by atoms with Gasteiger partial charge >= 0.3 is 0 Å². The molecule has 0 unspecified atom stereocenters. The molecule has 0 radical (unpaired) electrons. The number of hydrogen-bond donors (Lipinski definition) is 0. The maximum absolute atomic E-state index is 6.28. The van der Waals surface area contributed by atoms with Crippen molar-refractivity contribution in [3.05, 3.63) is 65.3 Å². The van der Waals surface area contributed by atoms with Crippen LogP contribution in [-0.4, -0.2) is 31.8 Å². The maximum atomic E-state index is 6.28. The second kappa shape index (κ2) is 7.94. The number of hydrogen-bond acceptors (Lipinski definition) is 6. The molecule has 0 saturated heterocycles. The fourth-order valence-corrected chi connectivity index (χ4v) is 3.87. The molecule has 2 aromatic heterocycles. The zero-order valence-corrected chi connectivity index (χ0v) is 16.1. The Morgan fingerprint density at radius 2 is 2.00 bits per heavy atom. The number of thioether (sulfide) groups is 1. The molecular formula is C19H16ClN5OS. The summed E-state index contributed by atoms with van der Waals surface area (Å²) in [5.74, 6) is 1.41. The third kappa shape index (κ3) is 3.61. The normalized spacial score (nSPS) is 11.0. The fraction of sp³-hybridized carbons (Fsp3) is 0.158. The van der Waals surface area contributed by atoms with Crippen molar-refractivity contribution in [1.82, 2.24) is 25.2 Å². The first kappa shape index (κ1) is 17.8. The summed E-state index contributed by atoms with van der Waals surface area (Å²) in [5.41, 5.74) is 2.78. The van der Waals surface area contributed by atoms with E-state index in [1.54, 1.807) is 10.9 Å². The van der Waals surface area contributed by atoms with E-state index in [9.17, 15) is 0 Å². The predicted molar refractivity (Wildman–Crippen MR) is 107 cm³/mol. The molecule has 4 aromatic rings. The van der Waals surface area contributed by atoms with E-state index in [2.05, 4.69) is 20.5 Å². The van der Waals surface area contributed by atoms with Gasteiger partial charge in [-0.05, 0) is 53.2 Å². The van der Waals surface area contributed by atoms with Gasteiger partial charge in [0.15, 0.2) is 0 Å². The molecule has 4 rings (SSSR count). The van der Waals surface area contributed by atoms with Crippen LogP contribution in [0.25, 0.3) is 16.6 Å². The summed E-state index contributed by atoms with van der Waals surface area (Å²) in [6.45, 7) is 2.52. The monoisotopic (exact) mass is 397 g/mol. The van der Waals surface area contributed by atoms with Gasteiger partial charge in [-0.25, -0.2) is 0 Å². The van der Waals surface area contributed by atoms with Crippen molar-refractivity contribution in [2.24, 2.45) is 0 Å². The molecule has 0 aliphatic heterocycles.